The van der Waals surface area contributed by atoms with Gasteiger partial charge in [0.1, 0.15) is 29.8 Å². The summed E-state index contributed by atoms with van der Waals surface area (Å²) < 4.78 is 12.6. The summed E-state index contributed by atoms with van der Waals surface area (Å²) in [5.74, 6) is 4.76. The van der Waals surface area contributed by atoms with Crippen LogP contribution < -0.4 is 4.74 Å². The van der Waals surface area contributed by atoms with Crippen molar-refractivity contribution in [2.45, 2.75) is 26.2 Å². The van der Waals surface area contributed by atoms with E-state index in [2.05, 4.69) is 10.1 Å². The van der Waals surface area contributed by atoms with E-state index in [1.165, 1.54) is 11.6 Å². The van der Waals surface area contributed by atoms with Gasteiger partial charge in [0.2, 0.25) is 0 Å². The number of fused-ring (bicyclic) bond motifs is 1. The van der Waals surface area contributed by atoms with E-state index in [1.54, 1.807) is 41.4 Å². The largest absolute Gasteiger partial charge is 0.491 e. The molecule has 1 aliphatic heterocycles. The van der Waals surface area contributed by atoms with Gasteiger partial charge >= 0.3 is 5.97 Å². The number of nitrogens with zero attached hydrogens (tertiary/aromatic N) is 4. The quantitative estimate of drug-likeness (QED) is 0.342. The number of amidine groups is 1. The van der Waals surface area contributed by atoms with Crippen molar-refractivity contribution in [1.29, 1.82) is 0 Å². The Labute approximate surface area is 223 Å². The molecule has 0 saturated heterocycles. The predicted molar refractivity (Wildman–Crippen MR) is 142 cm³/mol. The normalized spacial score (nSPS) is 15.1. The van der Waals surface area contributed by atoms with Gasteiger partial charge in [-0.15, -0.1) is 0 Å². The smallest absolute Gasteiger partial charge is 0.356 e. The lowest BCUT2D eigenvalue weighted by Crippen LogP contribution is -2.36. The van der Waals surface area contributed by atoms with Crippen LogP contribution in [0.1, 0.15) is 36.7 Å². The Morgan fingerprint density at radius 2 is 1.95 bits per heavy atom. The Hall–Kier alpha value is -4.42. The van der Waals surface area contributed by atoms with Gasteiger partial charge in [-0.2, -0.15) is 5.10 Å². The number of halogens is 1. The van der Waals surface area contributed by atoms with E-state index in [1.807, 2.05) is 24.9 Å². The van der Waals surface area contributed by atoms with Crippen molar-refractivity contribution in [2.24, 2.45) is 4.99 Å². The Kier molecular flexibility index (Phi) is 6.99. The van der Waals surface area contributed by atoms with Crippen LogP contribution in [0, 0.1) is 0 Å². The number of allylic oxidation sites excluding steroid dienone is 3. The Morgan fingerprint density at radius 1 is 1.11 bits per heavy atom. The summed E-state index contributed by atoms with van der Waals surface area (Å²) in [6, 6.07) is 10.5. The average Bonchev–Trinajstić information content (AvgIpc) is 3.37. The van der Waals surface area contributed by atoms with Crippen molar-refractivity contribution < 1.29 is 23.9 Å². The summed E-state index contributed by atoms with van der Waals surface area (Å²) in [5, 5.41) is 4.81. The molecule has 0 bridgehead atoms. The molecule has 0 fully saturated rings. The number of benzene rings is 1. The highest BCUT2D eigenvalue weighted by atomic mass is 35.5. The minimum atomic E-state index is -0.498. The molecule has 0 amide bonds. The Bertz CT molecular complexity index is 1620. The second kappa shape index (κ2) is 10.5. The molecule has 2 aliphatic rings. The van der Waals surface area contributed by atoms with Crippen molar-refractivity contribution in [1.82, 2.24) is 14.5 Å². The standard InChI is InChI=1S/C28H23ClN4O5/c1-17-31-23-5-3-18(15-34)13-22(23)26(16-35)32(17)11-12-38-27-8-4-19(29)14-21(27)20-9-10-30-33-24(20)6-7-25(33)28(36)37-2/h4,6-10,14H,3,5,11-13H2,1-2H3. The van der Waals surface area contributed by atoms with E-state index in [-0.39, 0.29) is 6.61 Å². The van der Waals surface area contributed by atoms with E-state index in [9.17, 15) is 14.4 Å². The highest BCUT2D eigenvalue weighted by Gasteiger charge is 2.29. The van der Waals surface area contributed by atoms with E-state index in [4.69, 9.17) is 21.1 Å². The maximum atomic E-state index is 12.2. The van der Waals surface area contributed by atoms with Crippen molar-refractivity contribution in [3.63, 3.8) is 0 Å². The monoisotopic (exact) mass is 530 g/mol. The molecule has 2 aromatic heterocycles. The fourth-order valence-electron chi connectivity index (χ4n) is 4.81. The number of rotatable bonds is 6. The number of ether oxygens (including phenoxy) is 2. The number of hydrogen-bond donors (Lipinski definition) is 0. The molecule has 192 valence electrons. The minimum Gasteiger partial charge on any atom is -0.491 e. The number of hydrogen-bond acceptors (Lipinski definition) is 8. The van der Waals surface area contributed by atoms with Gasteiger partial charge < -0.3 is 14.4 Å². The van der Waals surface area contributed by atoms with Crippen LogP contribution in [-0.4, -0.2) is 58.5 Å². The Morgan fingerprint density at radius 3 is 2.71 bits per heavy atom. The van der Waals surface area contributed by atoms with E-state index in [0.29, 0.717) is 70.5 Å². The van der Waals surface area contributed by atoms with E-state index < -0.39 is 5.97 Å². The first-order valence-corrected chi connectivity index (χ1v) is 12.3. The van der Waals surface area contributed by atoms with Crippen LogP contribution in [0.4, 0.5) is 0 Å². The summed E-state index contributed by atoms with van der Waals surface area (Å²) in [7, 11) is 1.32. The number of esters is 1. The van der Waals surface area contributed by atoms with Crippen LogP contribution in [0.3, 0.4) is 0 Å². The molecule has 0 saturated carbocycles. The summed E-state index contributed by atoms with van der Waals surface area (Å²) >= 11 is 6.34. The number of methoxy groups -OCH3 is 1. The van der Waals surface area contributed by atoms with Crippen LogP contribution >= 0.6 is 11.6 Å². The highest BCUT2D eigenvalue weighted by Crippen LogP contribution is 2.38. The topological polar surface area (TPSA) is 103 Å². The molecule has 0 N–H and O–H groups in total. The van der Waals surface area contributed by atoms with Gasteiger partial charge in [-0.1, -0.05) is 11.6 Å². The molecule has 38 heavy (non-hydrogen) atoms. The zero-order chi connectivity index (χ0) is 26.8. The van der Waals surface area contributed by atoms with Gasteiger partial charge in [0, 0.05) is 45.6 Å². The lowest BCUT2D eigenvalue weighted by Gasteiger charge is -2.33. The Balaban J connectivity index is 1.41. The fraction of sp³-hybridized carbons (Fsp3) is 0.250. The van der Waals surface area contributed by atoms with Crippen LogP contribution in [-0.2, 0) is 14.3 Å². The van der Waals surface area contributed by atoms with Crippen LogP contribution in [0.25, 0.3) is 16.6 Å². The number of aliphatic imine (C=N–C) groups is 1. The van der Waals surface area contributed by atoms with Gasteiger partial charge in [-0.3, -0.25) is 0 Å². The first-order valence-electron chi connectivity index (χ1n) is 12.0. The maximum Gasteiger partial charge on any atom is 0.356 e. The highest BCUT2D eigenvalue weighted by molar-refractivity contribution is 6.31. The number of aromatic nitrogens is 2. The van der Waals surface area contributed by atoms with Gasteiger partial charge in [-0.25, -0.2) is 23.9 Å². The lowest BCUT2D eigenvalue weighted by molar-refractivity contribution is 0.0591. The third-order valence-electron chi connectivity index (χ3n) is 6.64. The summed E-state index contributed by atoms with van der Waals surface area (Å²) in [6.07, 6.45) is 3.13. The molecule has 0 spiro atoms. The molecule has 3 heterocycles. The lowest BCUT2D eigenvalue weighted by atomic mass is 9.89. The zero-order valence-corrected chi connectivity index (χ0v) is 21.5. The number of carbonyl (C=O) groups excluding carboxylic acids is 3. The molecular weight excluding hydrogens is 508 g/mol. The van der Waals surface area contributed by atoms with Crippen molar-refractivity contribution in [3.8, 4) is 16.9 Å². The van der Waals surface area contributed by atoms with Crippen molar-refractivity contribution >= 4 is 40.8 Å². The molecule has 0 unspecified atom stereocenters. The second-order valence-corrected chi connectivity index (χ2v) is 9.25. The number of carbonyl (C=O) groups is 1. The molecule has 0 radical (unpaired) electrons. The predicted octanol–water partition coefficient (Wildman–Crippen LogP) is 4.47. The van der Waals surface area contributed by atoms with E-state index >= 15 is 0 Å². The first kappa shape index (κ1) is 25.2. The molecular formula is C28H23ClN4O5. The van der Waals surface area contributed by atoms with Gasteiger partial charge in [0.15, 0.2) is 11.6 Å². The summed E-state index contributed by atoms with van der Waals surface area (Å²) in [5.41, 5.74) is 4.99. The SMILES string of the molecule is COC(=O)c1ccc2c(-c3cc(Cl)ccc3OCCN3C(=C=O)C4=C(CCC(=C=O)C4)N=C3C)ccnn12. The molecule has 5 rings (SSSR count). The molecule has 10 heteroatoms. The van der Waals surface area contributed by atoms with Crippen LogP contribution in [0.5, 0.6) is 5.75 Å². The molecule has 3 aromatic rings. The average molecular weight is 531 g/mol. The molecule has 1 aliphatic carbocycles. The molecule has 1 aromatic carbocycles. The van der Waals surface area contributed by atoms with Gasteiger partial charge in [0.25, 0.3) is 0 Å². The van der Waals surface area contributed by atoms with Crippen LogP contribution in [0.2, 0.25) is 5.02 Å². The third kappa shape index (κ3) is 4.55. The third-order valence-corrected chi connectivity index (χ3v) is 6.87. The first-order chi connectivity index (χ1) is 18.4. The minimum absolute atomic E-state index is 0.224. The van der Waals surface area contributed by atoms with E-state index in [0.717, 1.165) is 16.8 Å². The maximum absolute atomic E-state index is 12.2. The van der Waals surface area contributed by atoms with Crippen molar-refractivity contribution in [3.05, 3.63) is 75.9 Å². The summed E-state index contributed by atoms with van der Waals surface area (Å²) in [6.45, 7) is 2.39. The van der Waals surface area contributed by atoms with Crippen molar-refractivity contribution in [2.75, 3.05) is 20.3 Å². The zero-order valence-electron chi connectivity index (χ0n) is 20.8. The molecule has 9 nitrogen and oxygen atoms in total. The molecule has 0 atom stereocenters. The fourth-order valence-corrected chi connectivity index (χ4v) is 4.99. The van der Waals surface area contributed by atoms with Gasteiger partial charge in [0.05, 0.1) is 19.2 Å². The van der Waals surface area contributed by atoms with Crippen LogP contribution in [0.15, 0.2) is 70.1 Å². The summed E-state index contributed by atoms with van der Waals surface area (Å²) in [4.78, 5) is 41.8. The second-order valence-electron chi connectivity index (χ2n) is 8.81. The van der Waals surface area contributed by atoms with Gasteiger partial charge in [-0.05, 0) is 56.2 Å².